The number of nitrogens with zero attached hydrogens (tertiary/aromatic N) is 3. The molecule has 31 heavy (non-hydrogen) atoms. The lowest BCUT2D eigenvalue weighted by atomic mass is 10.1. The van der Waals surface area contributed by atoms with Gasteiger partial charge in [-0.3, -0.25) is 14.9 Å². The van der Waals surface area contributed by atoms with E-state index in [-0.39, 0.29) is 17.3 Å². The fourth-order valence-corrected chi connectivity index (χ4v) is 2.95. The van der Waals surface area contributed by atoms with E-state index in [2.05, 4.69) is 10.4 Å². The molecular formula is C21H22N4O6. The molecule has 10 nitrogen and oxygen atoms in total. The van der Waals surface area contributed by atoms with Gasteiger partial charge in [-0.15, -0.1) is 0 Å². The number of hydrogen-bond acceptors (Lipinski definition) is 7. The van der Waals surface area contributed by atoms with E-state index in [0.717, 1.165) is 0 Å². The summed E-state index contributed by atoms with van der Waals surface area (Å²) in [5.41, 5.74) is 1.86. The standard InChI is InChI=1S/C21H22N4O6/c1-29-11-10-22-21(26)19-13-18(17-9-8-16(30-2)12-20(17)31-3)23-24(19)14-4-6-15(7-5-14)25(27)28/h4-9,12-13H,10-11H2,1-3H3,(H,22,26). The molecule has 162 valence electrons. The first kappa shape index (κ1) is 21.8. The van der Waals surface area contributed by atoms with Gasteiger partial charge in [0, 0.05) is 37.4 Å². The van der Waals surface area contributed by atoms with Crippen LogP contribution in [0.1, 0.15) is 10.5 Å². The van der Waals surface area contributed by atoms with Crippen LogP contribution in [0.15, 0.2) is 48.5 Å². The second-order valence-electron chi connectivity index (χ2n) is 6.42. The largest absolute Gasteiger partial charge is 0.497 e. The highest BCUT2D eigenvalue weighted by Crippen LogP contribution is 2.33. The molecule has 0 saturated heterocycles. The Morgan fingerprint density at radius 3 is 2.45 bits per heavy atom. The predicted octanol–water partition coefficient (Wildman–Crippen LogP) is 2.84. The Morgan fingerprint density at radius 1 is 1.10 bits per heavy atom. The lowest BCUT2D eigenvalue weighted by molar-refractivity contribution is -0.384. The summed E-state index contributed by atoms with van der Waals surface area (Å²) in [6.07, 6.45) is 0. The van der Waals surface area contributed by atoms with E-state index < -0.39 is 4.92 Å². The zero-order chi connectivity index (χ0) is 22.4. The summed E-state index contributed by atoms with van der Waals surface area (Å²) in [6, 6.07) is 12.7. The van der Waals surface area contributed by atoms with Crippen LogP contribution in [-0.4, -0.2) is 55.1 Å². The van der Waals surface area contributed by atoms with Gasteiger partial charge >= 0.3 is 0 Å². The summed E-state index contributed by atoms with van der Waals surface area (Å²) >= 11 is 0. The number of nitro groups is 1. The van der Waals surface area contributed by atoms with E-state index in [1.807, 2.05) is 0 Å². The molecule has 10 heteroatoms. The smallest absolute Gasteiger partial charge is 0.270 e. The summed E-state index contributed by atoms with van der Waals surface area (Å²) < 4.78 is 17.1. The van der Waals surface area contributed by atoms with Crippen molar-refractivity contribution < 1.29 is 23.9 Å². The van der Waals surface area contributed by atoms with Gasteiger partial charge in [0.2, 0.25) is 0 Å². The van der Waals surface area contributed by atoms with Crippen molar-refractivity contribution >= 4 is 11.6 Å². The first-order valence-electron chi connectivity index (χ1n) is 9.33. The summed E-state index contributed by atoms with van der Waals surface area (Å²) in [5.74, 6) is 0.786. The van der Waals surface area contributed by atoms with Gasteiger partial charge < -0.3 is 19.5 Å². The van der Waals surface area contributed by atoms with Crippen molar-refractivity contribution in [3.63, 3.8) is 0 Å². The average molecular weight is 426 g/mol. The molecule has 1 amide bonds. The molecule has 2 aromatic carbocycles. The first-order valence-corrected chi connectivity index (χ1v) is 9.33. The monoisotopic (exact) mass is 426 g/mol. The SMILES string of the molecule is COCCNC(=O)c1cc(-c2ccc(OC)cc2OC)nn1-c1ccc([N+](=O)[O-])cc1. The quantitative estimate of drug-likeness (QED) is 0.318. The van der Waals surface area contributed by atoms with Crippen LogP contribution in [0.25, 0.3) is 16.9 Å². The Kier molecular flexibility index (Phi) is 6.83. The molecule has 0 radical (unpaired) electrons. The average Bonchev–Trinajstić information content (AvgIpc) is 3.24. The van der Waals surface area contributed by atoms with Gasteiger partial charge in [-0.1, -0.05) is 0 Å². The minimum Gasteiger partial charge on any atom is -0.497 e. The molecule has 1 N–H and O–H groups in total. The third-order valence-corrected chi connectivity index (χ3v) is 4.52. The number of rotatable bonds is 9. The van der Waals surface area contributed by atoms with E-state index in [1.165, 1.54) is 36.1 Å². The third kappa shape index (κ3) is 4.81. The number of nitro benzene ring substituents is 1. The van der Waals surface area contributed by atoms with Crippen LogP contribution in [0.3, 0.4) is 0 Å². The highest BCUT2D eigenvalue weighted by Gasteiger charge is 2.20. The molecule has 0 atom stereocenters. The summed E-state index contributed by atoms with van der Waals surface area (Å²) in [5, 5.41) is 18.3. The number of amides is 1. The maximum Gasteiger partial charge on any atom is 0.270 e. The molecule has 0 bridgehead atoms. The number of hydrogen-bond donors (Lipinski definition) is 1. The number of ether oxygens (including phenoxy) is 3. The molecule has 0 fully saturated rings. The highest BCUT2D eigenvalue weighted by molar-refractivity contribution is 5.94. The highest BCUT2D eigenvalue weighted by atomic mass is 16.6. The number of benzene rings is 2. The number of carbonyl (C=O) groups excluding carboxylic acids is 1. The number of aromatic nitrogens is 2. The van der Waals surface area contributed by atoms with E-state index in [0.29, 0.717) is 41.6 Å². The van der Waals surface area contributed by atoms with Crippen molar-refractivity contribution in [1.82, 2.24) is 15.1 Å². The lowest BCUT2D eigenvalue weighted by Crippen LogP contribution is -2.28. The van der Waals surface area contributed by atoms with Gasteiger partial charge in [0.1, 0.15) is 17.2 Å². The molecule has 0 spiro atoms. The van der Waals surface area contributed by atoms with Crippen molar-refractivity contribution in [2.75, 3.05) is 34.5 Å². The Morgan fingerprint density at radius 2 is 1.84 bits per heavy atom. The zero-order valence-corrected chi connectivity index (χ0v) is 17.3. The minimum atomic E-state index is -0.487. The van der Waals surface area contributed by atoms with Crippen LogP contribution in [-0.2, 0) is 4.74 Å². The van der Waals surface area contributed by atoms with E-state index in [9.17, 15) is 14.9 Å². The van der Waals surface area contributed by atoms with Gasteiger partial charge in [0.15, 0.2) is 0 Å². The molecule has 0 aliphatic heterocycles. The van der Waals surface area contributed by atoms with Crippen LogP contribution in [0.5, 0.6) is 11.5 Å². The third-order valence-electron chi connectivity index (χ3n) is 4.52. The number of non-ortho nitro benzene ring substituents is 1. The topological polar surface area (TPSA) is 118 Å². The van der Waals surface area contributed by atoms with E-state index >= 15 is 0 Å². The Bertz CT molecular complexity index is 1080. The Balaban J connectivity index is 2.07. The summed E-state index contributed by atoms with van der Waals surface area (Å²) in [7, 11) is 4.63. The Hall–Kier alpha value is -3.92. The maximum atomic E-state index is 12.8. The van der Waals surface area contributed by atoms with Gasteiger partial charge in [-0.25, -0.2) is 4.68 Å². The van der Waals surface area contributed by atoms with Crippen molar-refractivity contribution in [3.05, 3.63) is 64.3 Å². The summed E-state index contributed by atoms with van der Waals surface area (Å²) in [6.45, 7) is 0.679. The van der Waals surface area contributed by atoms with Crippen LogP contribution in [0, 0.1) is 10.1 Å². The molecule has 1 heterocycles. The van der Waals surface area contributed by atoms with Gasteiger partial charge in [-0.05, 0) is 30.3 Å². The number of carbonyl (C=O) groups is 1. The summed E-state index contributed by atoms with van der Waals surface area (Å²) in [4.78, 5) is 23.3. The van der Waals surface area contributed by atoms with Gasteiger partial charge in [0.05, 0.1) is 37.1 Å². The first-order chi connectivity index (χ1) is 15.0. The molecule has 0 aliphatic carbocycles. The Labute approximate surface area is 178 Å². The predicted molar refractivity (Wildman–Crippen MR) is 113 cm³/mol. The lowest BCUT2D eigenvalue weighted by Gasteiger charge is -2.09. The number of nitrogens with one attached hydrogen (secondary N) is 1. The van der Waals surface area contributed by atoms with Crippen molar-refractivity contribution in [2.45, 2.75) is 0 Å². The van der Waals surface area contributed by atoms with Crippen molar-refractivity contribution in [3.8, 4) is 28.4 Å². The van der Waals surface area contributed by atoms with E-state index in [4.69, 9.17) is 14.2 Å². The van der Waals surface area contributed by atoms with E-state index in [1.54, 1.807) is 38.5 Å². The molecule has 1 aromatic heterocycles. The maximum absolute atomic E-state index is 12.8. The fraction of sp³-hybridized carbons (Fsp3) is 0.238. The van der Waals surface area contributed by atoms with Gasteiger partial charge in [-0.2, -0.15) is 5.10 Å². The molecule has 0 saturated carbocycles. The molecule has 3 aromatic rings. The molecule has 3 rings (SSSR count). The molecule has 0 unspecified atom stereocenters. The van der Waals surface area contributed by atoms with Crippen LogP contribution in [0.2, 0.25) is 0 Å². The number of methoxy groups -OCH3 is 3. The van der Waals surface area contributed by atoms with Gasteiger partial charge in [0.25, 0.3) is 11.6 Å². The van der Waals surface area contributed by atoms with Crippen LogP contribution >= 0.6 is 0 Å². The molecule has 0 aliphatic rings. The van der Waals surface area contributed by atoms with Crippen molar-refractivity contribution in [1.29, 1.82) is 0 Å². The fourth-order valence-electron chi connectivity index (χ4n) is 2.95. The van der Waals surface area contributed by atoms with Crippen LogP contribution in [0.4, 0.5) is 5.69 Å². The zero-order valence-electron chi connectivity index (χ0n) is 17.3. The second-order valence-corrected chi connectivity index (χ2v) is 6.42. The van der Waals surface area contributed by atoms with Crippen molar-refractivity contribution in [2.24, 2.45) is 0 Å². The second kappa shape index (κ2) is 9.72. The minimum absolute atomic E-state index is 0.0564. The molecular weight excluding hydrogens is 404 g/mol. The normalized spacial score (nSPS) is 10.5. The van der Waals surface area contributed by atoms with Crippen LogP contribution < -0.4 is 14.8 Å².